The van der Waals surface area contributed by atoms with E-state index in [2.05, 4.69) is 4.90 Å². The molecule has 2 N–H and O–H groups in total. The quantitative estimate of drug-likeness (QED) is 0.768. The van der Waals surface area contributed by atoms with E-state index < -0.39 is 0 Å². The molecule has 0 spiro atoms. The molecule has 1 amide bonds. The van der Waals surface area contributed by atoms with Crippen LogP contribution in [-0.2, 0) is 4.79 Å². The number of carbonyl (C=O) groups is 1. The number of rotatable bonds is 2. The molecule has 18 heavy (non-hydrogen) atoms. The molecule has 2 aliphatic rings. The second kappa shape index (κ2) is 6.55. The van der Waals surface area contributed by atoms with Gasteiger partial charge in [0.05, 0.1) is 0 Å². The molecule has 0 aromatic heterocycles. The summed E-state index contributed by atoms with van der Waals surface area (Å²) in [5, 5.41) is 0. The molecule has 1 aliphatic carbocycles. The van der Waals surface area contributed by atoms with E-state index in [1.54, 1.807) is 0 Å². The van der Waals surface area contributed by atoms with Crippen LogP contribution in [0.1, 0.15) is 64.7 Å². The Hall–Kier alpha value is -0.570. The van der Waals surface area contributed by atoms with Gasteiger partial charge in [0.1, 0.15) is 0 Å². The molecule has 2 fully saturated rings. The molecule has 1 saturated carbocycles. The summed E-state index contributed by atoms with van der Waals surface area (Å²) in [7, 11) is 0. The Morgan fingerprint density at radius 2 is 1.67 bits per heavy atom. The number of hydrogen-bond donors (Lipinski definition) is 1. The summed E-state index contributed by atoms with van der Waals surface area (Å²) >= 11 is 0. The first-order chi connectivity index (χ1) is 8.70. The number of nitrogens with two attached hydrogens (primary N) is 1. The molecule has 2 unspecified atom stereocenters. The van der Waals surface area contributed by atoms with Crippen LogP contribution in [0.2, 0.25) is 0 Å². The fourth-order valence-electron chi connectivity index (χ4n) is 3.54. The number of nitrogens with zero attached hydrogens (tertiary/aromatic N) is 1. The zero-order chi connectivity index (χ0) is 13.0. The molecule has 0 bridgehead atoms. The van der Waals surface area contributed by atoms with Gasteiger partial charge in [-0.3, -0.25) is 4.79 Å². The van der Waals surface area contributed by atoms with E-state index in [0.717, 1.165) is 32.2 Å². The van der Waals surface area contributed by atoms with Gasteiger partial charge in [-0.1, -0.05) is 25.7 Å². The van der Waals surface area contributed by atoms with Crippen molar-refractivity contribution < 1.29 is 4.79 Å². The van der Waals surface area contributed by atoms with Gasteiger partial charge in [-0.2, -0.15) is 0 Å². The van der Waals surface area contributed by atoms with Crippen molar-refractivity contribution in [1.82, 2.24) is 4.90 Å². The number of amides is 1. The highest BCUT2D eigenvalue weighted by Gasteiger charge is 2.33. The van der Waals surface area contributed by atoms with E-state index in [4.69, 9.17) is 5.73 Å². The lowest BCUT2D eigenvalue weighted by atomic mass is 9.92. The molecule has 0 aromatic rings. The first-order valence-electron chi connectivity index (χ1n) is 7.76. The molecule has 0 aromatic carbocycles. The summed E-state index contributed by atoms with van der Waals surface area (Å²) in [6, 6.07) is 0.398. The maximum atomic E-state index is 12.7. The second-order valence-corrected chi connectivity index (χ2v) is 6.14. The number of carbonyl (C=O) groups excluding carboxylic acids is 1. The van der Waals surface area contributed by atoms with Gasteiger partial charge in [-0.15, -0.1) is 0 Å². The van der Waals surface area contributed by atoms with Crippen LogP contribution in [0.3, 0.4) is 0 Å². The van der Waals surface area contributed by atoms with Gasteiger partial charge in [0.15, 0.2) is 0 Å². The zero-order valence-electron chi connectivity index (χ0n) is 11.7. The highest BCUT2D eigenvalue weighted by atomic mass is 16.2. The van der Waals surface area contributed by atoms with Crippen molar-refractivity contribution >= 4 is 5.91 Å². The number of likely N-dealkylation sites (tertiary alicyclic amines) is 1. The van der Waals surface area contributed by atoms with E-state index in [9.17, 15) is 4.79 Å². The molecular formula is C15H28N2O. The van der Waals surface area contributed by atoms with Crippen molar-refractivity contribution in [3.8, 4) is 0 Å². The minimum absolute atomic E-state index is 0.111. The predicted molar refractivity (Wildman–Crippen MR) is 74.2 cm³/mol. The van der Waals surface area contributed by atoms with Crippen LogP contribution >= 0.6 is 0 Å². The molecule has 1 heterocycles. The van der Waals surface area contributed by atoms with E-state index in [-0.39, 0.29) is 18.0 Å². The third kappa shape index (κ3) is 3.25. The van der Waals surface area contributed by atoms with Crippen LogP contribution in [0.4, 0.5) is 0 Å². The Morgan fingerprint density at radius 1 is 1.06 bits per heavy atom. The first kappa shape index (κ1) is 13.9. The van der Waals surface area contributed by atoms with E-state index in [1.807, 2.05) is 6.92 Å². The van der Waals surface area contributed by atoms with E-state index >= 15 is 0 Å². The van der Waals surface area contributed by atoms with Crippen LogP contribution in [0, 0.1) is 5.92 Å². The lowest BCUT2D eigenvalue weighted by molar-refractivity contribution is -0.140. The maximum absolute atomic E-state index is 12.7. The summed E-state index contributed by atoms with van der Waals surface area (Å²) in [5.74, 6) is 0.686. The van der Waals surface area contributed by atoms with Crippen LogP contribution < -0.4 is 5.73 Å². The van der Waals surface area contributed by atoms with Crippen molar-refractivity contribution in [2.45, 2.75) is 76.8 Å². The second-order valence-electron chi connectivity index (χ2n) is 6.14. The monoisotopic (exact) mass is 252 g/mol. The van der Waals surface area contributed by atoms with Crippen molar-refractivity contribution in [3.63, 3.8) is 0 Å². The highest BCUT2D eigenvalue weighted by molar-refractivity contribution is 5.79. The fraction of sp³-hybridized carbons (Fsp3) is 0.933. The summed E-state index contributed by atoms with van der Waals surface area (Å²) in [4.78, 5) is 14.8. The zero-order valence-corrected chi connectivity index (χ0v) is 11.7. The standard InChI is InChI=1S/C15H28N2O/c1-12(16)14-10-6-7-11-17(14)15(18)13-8-4-2-3-5-9-13/h12-14H,2-11,16H2,1H3. The summed E-state index contributed by atoms with van der Waals surface area (Å²) in [6.45, 7) is 2.98. The van der Waals surface area contributed by atoms with Crippen molar-refractivity contribution in [1.29, 1.82) is 0 Å². The molecule has 104 valence electrons. The maximum Gasteiger partial charge on any atom is 0.225 e. The average Bonchev–Trinajstić information content (AvgIpc) is 2.66. The Morgan fingerprint density at radius 3 is 2.28 bits per heavy atom. The topological polar surface area (TPSA) is 46.3 Å². The van der Waals surface area contributed by atoms with Gasteiger partial charge >= 0.3 is 0 Å². The van der Waals surface area contributed by atoms with Crippen LogP contribution in [0.25, 0.3) is 0 Å². The molecule has 1 aliphatic heterocycles. The van der Waals surface area contributed by atoms with Gasteiger partial charge in [0, 0.05) is 24.5 Å². The van der Waals surface area contributed by atoms with Crippen LogP contribution in [-0.4, -0.2) is 29.4 Å². The van der Waals surface area contributed by atoms with Gasteiger partial charge < -0.3 is 10.6 Å². The highest BCUT2D eigenvalue weighted by Crippen LogP contribution is 2.28. The molecule has 2 atom stereocenters. The van der Waals surface area contributed by atoms with Crippen LogP contribution in [0.5, 0.6) is 0 Å². The summed E-state index contributed by atoms with van der Waals surface area (Å²) < 4.78 is 0. The fourth-order valence-corrected chi connectivity index (χ4v) is 3.54. The Kier molecular flexibility index (Phi) is 5.04. The third-order valence-corrected chi connectivity index (χ3v) is 4.64. The van der Waals surface area contributed by atoms with Crippen molar-refractivity contribution in [3.05, 3.63) is 0 Å². The summed E-state index contributed by atoms with van der Waals surface area (Å²) in [6.07, 6.45) is 10.7. The Balaban J connectivity index is 2.00. The average molecular weight is 252 g/mol. The predicted octanol–water partition coefficient (Wildman–Crippen LogP) is 2.69. The SMILES string of the molecule is CC(N)C1CCCCN1C(=O)C1CCCCCC1. The minimum atomic E-state index is 0.111. The Bertz CT molecular complexity index is 270. The van der Waals surface area contributed by atoms with Crippen LogP contribution in [0.15, 0.2) is 0 Å². The largest absolute Gasteiger partial charge is 0.338 e. The minimum Gasteiger partial charge on any atom is -0.338 e. The van der Waals surface area contributed by atoms with Gasteiger partial charge in [-0.25, -0.2) is 0 Å². The molecule has 3 nitrogen and oxygen atoms in total. The Labute approximate surface area is 111 Å². The first-order valence-corrected chi connectivity index (χ1v) is 7.76. The normalized spacial score (nSPS) is 28.8. The van der Waals surface area contributed by atoms with Gasteiger partial charge in [0.25, 0.3) is 0 Å². The van der Waals surface area contributed by atoms with Crippen molar-refractivity contribution in [2.24, 2.45) is 11.7 Å². The molecule has 3 heteroatoms. The van der Waals surface area contributed by atoms with Crippen molar-refractivity contribution in [2.75, 3.05) is 6.54 Å². The lowest BCUT2D eigenvalue weighted by Crippen LogP contribution is -2.53. The third-order valence-electron chi connectivity index (χ3n) is 4.64. The van der Waals surface area contributed by atoms with Gasteiger partial charge in [0.2, 0.25) is 5.91 Å². The number of hydrogen-bond acceptors (Lipinski definition) is 2. The van der Waals surface area contributed by atoms with E-state index in [1.165, 1.54) is 32.1 Å². The lowest BCUT2D eigenvalue weighted by Gasteiger charge is -2.39. The van der Waals surface area contributed by atoms with E-state index in [0.29, 0.717) is 5.91 Å². The van der Waals surface area contributed by atoms with Gasteiger partial charge in [-0.05, 0) is 39.0 Å². The smallest absolute Gasteiger partial charge is 0.225 e. The molecule has 2 rings (SSSR count). The molecular weight excluding hydrogens is 224 g/mol. The molecule has 0 radical (unpaired) electrons. The molecule has 1 saturated heterocycles. The summed E-state index contributed by atoms with van der Waals surface area (Å²) in [5.41, 5.74) is 6.06. The number of piperidine rings is 1.